The zero-order valence-electron chi connectivity index (χ0n) is 5.31. The maximum Gasteiger partial charge on any atom is 0.165 e. The molecule has 0 amide bonds. The SMILES string of the molecule is CC1=CCC(=O)CC1=O. The Morgan fingerprint density at radius 1 is 1.44 bits per heavy atom. The van der Waals surface area contributed by atoms with Crippen LogP contribution in [0.15, 0.2) is 11.6 Å². The highest BCUT2D eigenvalue weighted by atomic mass is 16.1. The molecule has 0 aromatic carbocycles. The maximum absolute atomic E-state index is 10.7. The molecule has 48 valence electrons. The molecule has 2 heteroatoms. The van der Waals surface area contributed by atoms with Gasteiger partial charge in [0.05, 0.1) is 6.42 Å². The minimum Gasteiger partial charge on any atom is -0.299 e. The van der Waals surface area contributed by atoms with E-state index >= 15 is 0 Å². The van der Waals surface area contributed by atoms with Crippen molar-refractivity contribution in [1.82, 2.24) is 0 Å². The van der Waals surface area contributed by atoms with Crippen LogP contribution in [-0.4, -0.2) is 11.6 Å². The summed E-state index contributed by atoms with van der Waals surface area (Å²) in [6.45, 7) is 1.74. The van der Waals surface area contributed by atoms with Crippen molar-refractivity contribution in [3.63, 3.8) is 0 Å². The van der Waals surface area contributed by atoms with Crippen molar-refractivity contribution < 1.29 is 9.59 Å². The van der Waals surface area contributed by atoms with Crippen molar-refractivity contribution >= 4 is 11.6 Å². The Morgan fingerprint density at radius 3 is 2.56 bits per heavy atom. The van der Waals surface area contributed by atoms with Crippen molar-refractivity contribution in [2.24, 2.45) is 0 Å². The number of carbonyl (C=O) groups is 2. The molecule has 1 aliphatic carbocycles. The predicted octanol–water partition coefficient (Wildman–Crippen LogP) is 0.865. The van der Waals surface area contributed by atoms with Crippen LogP contribution >= 0.6 is 0 Å². The van der Waals surface area contributed by atoms with E-state index in [2.05, 4.69) is 0 Å². The first-order valence-corrected chi connectivity index (χ1v) is 2.92. The summed E-state index contributed by atoms with van der Waals surface area (Å²) in [5.41, 5.74) is 0.731. The van der Waals surface area contributed by atoms with Crippen molar-refractivity contribution in [2.45, 2.75) is 19.8 Å². The van der Waals surface area contributed by atoms with Gasteiger partial charge in [-0.25, -0.2) is 0 Å². The zero-order chi connectivity index (χ0) is 6.85. The standard InChI is InChI=1S/C7H8O2/c1-5-2-3-6(8)4-7(5)9/h2H,3-4H2,1H3. The lowest BCUT2D eigenvalue weighted by atomic mass is 9.99. The summed E-state index contributed by atoms with van der Waals surface area (Å²) < 4.78 is 0. The van der Waals surface area contributed by atoms with Gasteiger partial charge in [-0.15, -0.1) is 0 Å². The van der Waals surface area contributed by atoms with Crippen LogP contribution in [0.1, 0.15) is 19.8 Å². The second-order valence-electron chi connectivity index (χ2n) is 2.23. The fourth-order valence-electron chi connectivity index (χ4n) is 0.771. The van der Waals surface area contributed by atoms with E-state index in [4.69, 9.17) is 0 Å². The molecule has 0 aromatic rings. The van der Waals surface area contributed by atoms with E-state index < -0.39 is 0 Å². The Labute approximate surface area is 53.6 Å². The summed E-state index contributed by atoms with van der Waals surface area (Å²) in [7, 11) is 0. The van der Waals surface area contributed by atoms with Gasteiger partial charge in [-0.2, -0.15) is 0 Å². The first-order chi connectivity index (χ1) is 4.20. The quantitative estimate of drug-likeness (QED) is 0.449. The molecule has 0 aliphatic heterocycles. The van der Waals surface area contributed by atoms with E-state index in [-0.39, 0.29) is 18.0 Å². The Hall–Kier alpha value is -0.920. The molecule has 0 heterocycles. The number of Topliss-reactive ketones (excluding diaryl/α,β-unsaturated/α-hetero) is 2. The molecular formula is C7H8O2. The third kappa shape index (κ3) is 1.25. The molecule has 0 atom stereocenters. The third-order valence-electron chi connectivity index (χ3n) is 1.43. The van der Waals surface area contributed by atoms with Gasteiger partial charge in [0.1, 0.15) is 5.78 Å². The summed E-state index contributed by atoms with van der Waals surface area (Å²) in [6.07, 6.45) is 2.24. The number of ketones is 2. The van der Waals surface area contributed by atoms with Crippen LogP contribution in [0.5, 0.6) is 0 Å². The number of hydrogen-bond acceptors (Lipinski definition) is 2. The molecule has 2 nitrogen and oxygen atoms in total. The van der Waals surface area contributed by atoms with Gasteiger partial charge in [0.2, 0.25) is 0 Å². The number of rotatable bonds is 0. The Morgan fingerprint density at radius 2 is 2.11 bits per heavy atom. The van der Waals surface area contributed by atoms with Crippen molar-refractivity contribution in [3.8, 4) is 0 Å². The zero-order valence-corrected chi connectivity index (χ0v) is 5.31. The van der Waals surface area contributed by atoms with Gasteiger partial charge < -0.3 is 0 Å². The second kappa shape index (κ2) is 2.13. The topological polar surface area (TPSA) is 34.1 Å². The number of allylic oxidation sites excluding steroid dienone is 2. The van der Waals surface area contributed by atoms with E-state index in [1.807, 2.05) is 0 Å². The highest BCUT2D eigenvalue weighted by Gasteiger charge is 2.14. The number of hydrogen-bond donors (Lipinski definition) is 0. The third-order valence-corrected chi connectivity index (χ3v) is 1.43. The van der Waals surface area contributed by atoms with Crippen molar-refractivity contribution in [1.29, 1.82) is 0 Å². The summed E-state index contributed by atoms with van der Waals surface area (Å²) in [5, 5.41) is 0. The lowest BCUT2D eigenvalue weighted by Crippen LogP contribution is -2.12. The maximum atomic E-state index is 10.7. The van der Waals surface area contributed by atoms with Crippen LogP contribution in [0.3, 0.4) is 0 Å². The smallest absolute Gasteiger partial charge is 0.165 e. The van der Waals surface area contributed by atoms with Crippen LogP contribution in [0.4, 0.5) is 0 Å². The van der Waals surface area contributed by atoms with Gasteiger partial charge >= 0.3 is 0 Å². The van der Waals surface area contributed by atoms with Crippen LogP contribution in [0.2, 0.25) is 0 Å². The normalized spacial score (nSPS) is 19.9. The lowest BCUT2D eigenvalue weighted by molar-refractivity contribution is -0.125. The first-order valence-electron chi connectivity index (χ1n) is 2.92. The Kier molecular flexibility index (Phi) is 1.47. The van der Waals surface area contributed by atoms with Gasteiger partial charge in [-0.3, -0.25) is 9.59 Å². The van der Waals surface area contributed by atoms with Crippen LogP contribution in [-0.2, 0) is 9.59 Å². The molecule has 0 bridgehead atoms. The molecule has 0 fully saturated rings. The fraction of sp³-hybridized carbons (Fsp3) is 0.429. The van der Waals surface area contributed by atoms with Gasteiger partial charge in [0.15, 0.2) is 5.78 Å². The Bertz CT molecular complexity index is 189. The number of carbonyl (C=O) groups excluding carboxylic acids is 2. The highest BCUT2D eigenvalue weighted by Crippen LogP contribution is 2.09. The van der Waals surface area contributed by atoms with E-state index in [1.54, 1.807) is 13.0 Å². The molecule has 1 aliphatic rings. The van der Waals surface area contributed by atoms with Gasteiger partial charge in [0, 0.05) is 6.42 Å². The van der Waals surface area contributed by atoms with Crippen LogP contribution in [0, 0.1) is 0 Å². The van der Waals surface area contributed by atoms with Gasteiger partial charge in [0.25, 0.3) is 0 Å². The van der Waals surface area contributed by atoms with E-state index in [0.717, 1.165) is 5.57 Å². The summed E-state index contributed by atoms with van der Waals surface area (Å²) in [4.78, 5) is 21.3. The lowest BCUT2D eigenvalue weighted by Gasteiger charge is -2.04. The fourth-order valence-corrected chi connectivity index (χ4v) is 0.771. The minimum atomic E-state index is -0.0220. The first kappa shape index (κ1) is 6.20. The summed E-state index contributed by atoms with van der Waals surface area (Å²) in [6, 6.07) is 0. The van der Waals surface area contributed by atoms with E-state index in [1.165, 1.54) is 0 Å². The molecule has 1 rings (SSSR count). The predicted molar refractivity (Wildman–Crippen MR) is 33.0 cm³/mol. The monoisotopic (exact) mass is 124 g/mol. The largest absolute Gasteiger partial charge is 0.299 e. The second-order valence-corrected chi connectivity index (χ2v) is 2.23. The molecule has 0 radical (unpaired) electrons. The molecule has 0 aromatic heterocycles. The van der Waals surface area contributed by atoms with Crippen LogP contribution < -0.4 is 0 Å². The van der Waals surface area contributed by atoms with E-state index in [0.29, 0.717) is 6.42 Å². The molecule has 0 N–H and O–H groups in total. The molecule has 9 heavy (non-hydrogen) atoms. The molecule has 0 unspecified atom stereocenters. The summed E-state index contributed by atoms with van der Waals surface area (Å²) >= 11 is 0. The average molecular weight is 124 g/mol. The van der Waals surface area contributed by atoms with Crippen LogP contribution in [0.25, 0.3) is 0 Å². The molecule has 0 spiro atoms. The molecular weight excluding hydrogens is 116 g/mol. The van der Waals surface area contributed by atoms with Crippen molar-refractivity contribution in [2.75, 3.05) is 0 Å². The van der Waals surface area contributed by atoms with E-state index in [9.17, 15) is 9.59 Å². The highest BCUT2D eigenvalue weighted by molar-refractivity contribution is 6.10. The van der Waals surface area contributed by atoms with Gasteiger partial charge in [-0.1, -0.05) is 6.08 Å². The summed E-state index contributed by atoms with van der Waals surface area (Å²) in [5.74, 6) is 0.0110. The minimum absolute atomic E-state index is 0.0220. The Balaban J connectivity index is 2.79. The van der Waals surface area contributed by atoms with Gasteiger partial charge in [-0.05, 0) is 12.5 Å². The molecule has 0 saturated carbocycles. The van der Waals surface area contributed by atoms with Crippen molar-refractivity contribution in [3.05, 3.63) is 11.6 Å². The molecule has 0 saturated heterocycles. The average Bonchev–Trinajstić information content (AvgIpc) is 1.80.